The van der Waals surface area contributed by atoms with Crippen molar-refractivity contribution in [3.05, 3.63) is 60.1 Å². The van der Waals surface area contributed by atoms with Crippen molar-refractivity contribution in [1.29, 1.82) is 0 Å². The van der Waals surface area contributed by atoms with E-state index in [0.717, 1.165) is 0 Å². The van der Waals surface area contributed by atoms with Crippen LogP contribution in [-0.2, 0) is 9.59 Å². The van der Waals surface area contributed by atoms with Gasteiger partial charge in [0.05, 0.1) is 19.0 Å². The molecule has 1 aromatic heterocycles. The summed E-state index contributed by atoms with van der Waals surface area (Å²) in [5.41, 5.74) is 2.72. The molecule has 7 nitrogen and oxygen atoms in total. The third-order valence-corrected chi connectivity index (χ3v) is 2.69. The topological polar surface area (TPSA) is 104 Å². The monoisotopic (exact) mass is 313 g/mol. The van der Waals surface area contributed by atoms with Gasteiger partial charge in [-0.25, -0.2) is 5.43 Å². The quantitative estimate of drug-likeness (QED) is 0.424. The number of hydrogen-bond acceptors (Lipinski definition) is 5. The highest BCUT2D eigenvalue weighted by atomic mass is 16.3. The maximum atomic E-state index is 11.5. The number of amides is 2. The fraction of sp³-hybridized carbons (Fsp3) is 0.0625. The number of rotatable bonds is 6. The Morgan fingerprint density at radius 1 is 1.22 bits per heavy atom. The van der Waals surface area contributed by atoms with Gasteiger partial charge in [0.15, 0.2) is 0 Å². The van der Waals surface area contributed by atoms with Gasteiger partial charge in [0.2, 0.25) is 5.91 Å². The molecule has 7 heteroatoms. The van der Waals surface area contributed by atoms with Crippen molar-refractivity contribution in [3.8, 4) is 5.75 Å². The van der Waals surface area contributed by atoms with Crippen LogP contribution >= 0.6 is 0 Å². The largest absolute Gasteiger partial charge is 0.507 e. The van der Waals surface area contributed by atoms with Crippen LogP contribution in [0.4, 0.5) is 0 Å². The number of carbonyl (C=O) groups excluding carboxylic acids is 2. The van der Waals surface area contributed by atoms with Crippen molar-refractivity contribution < 1.29 is 19.1 Å². The molecule has 1 heterocycles. The van der Waals surface area contributed by atoms with Crippen molar-refractivity contribution in [3.63, 3.8) is 0 Å². The van der Waals surface area contributed by atoms with Crippen molar-refractivity contribution in [2.75, 3.05) is 6.54 Å². The van der Waals surface area contributed by atoms with E-state index in [1.54, 1.807) is 30.3 Å². The normalized spacial score (nSPS) is 11.0. The summed E-state index contributed by atoms with van der Waals surface area (Å²) in [4.78, 5) is 23.0. The fourth-order valence-corrected chi connectivity index (χ4v) is 1.58. The maximum absolute atomic E-state index is 11.5. The minimum atomic E-state index is -0.489. The standard InChI is InChI=1S/C16H15N3O4/c20-14-6-2-1-4-12(14)10-18-19-16(22)11-17-15(21)8-7-13-5-3-9-23-13/h1-10,20H,11H2,(H,17,21)(H,19,22)/b8-7?,18-10+. The average molecular weight is 313 g/mol. The zero-order valence-corrected chi connectivity index (χ0v) is 12.1. The number of para-hydroxylation sites is 1. The molecule has 0 saturated heterocycles. The summed E-state index contributed by atoms with van der Waals surface area (Å²) in [7, 11) is 0. The molecule has 3 N–H and O–H groups in total. The number of nitrogens with one attached hydrogen (secondary N) is 2. The molecule has 1 aromatic carbocycles. The summed E-state index contributed by atoms with van der Waals surface area (Å²) in [6.07, 6.45) is 5.56. The summed E-state index contributed by atoms with van der Waals surface area (Å²) in [5.74, 6) is -0.323. The number of phenolic OH excluding ortho intramolecular Hbond substituents is 1. The van der Waals surface area contributed by atoms with Crippen molar-refractivity contribution in [2.24, 2.45) is 5.10 Å². The molecule has 0 atom stereocenters. The Morgan fingerprint density at radius 2 is 2.04 bits per heavy atom. The SMILES string of the molecule is O=C(C=Cc1ccco1)NCC(=O)N/N=C/c1ccccc1O. The number of hydrogen-bond donors (Lipinski definition) is 3. The Morgan fingerprint density at radius 3 is 2.78 bits per heavy atom. The molecule has 2 amide bonds. The average Bonchev–Trinajstić information content (AvgIpc) is 3.06. The highest BCUT2D eigenvalue weighted by molar-refractivity contribution is 5.94. The predicted octanol–water partition coefficient (Wildman–Crippen LogP) is 1.26. The molecule has 2 rings (SSSR count). The molecule has 0 spiro atoms. The number of benzene rings is 1. The van der Waals surface area contributed by atoms with E-state index in [1.165, 1.54) is 30.7 Å². The van der Waals surface area contributed by atoms with E-state index in [4.69, 9.17) is 4.42 Å². The van der Waals surface area contributed by atoms with E-state index in [-0.39, 0.29) is 12.3 Å². The lowest BCUT2D eigenvalue weighted by Crippen LogP contribution is -2.34. The first-order valence-electron chi connectivity index (χ1n) is 6.74. The molecule has 118 valence electrons. The summed E-state index contributed by atoms with van der Waals surface area (Å²) in [6, 6.07) is 9.96. The summed E-state index contributed by atoms with van der Waals surface area (Å²) < 4.78 is 5.03. The summed E-state index contributed by atoms with van der Waals surface area (Å²) in [6.45, 7) is -0.223. The smallest absolute Gasteiger partial charge is 0.259 e. The number of nitrogens with zero attached hydrogens (tertiary/aromatic N) is 1. The number of furan rings is 1. The molecule has 23 heavy (non-hydrogen) atoms. The number of carbonyl (C=O) groups is 2. The Bertz CT molecular complexity index is 721. The van der Waals surface area contributed by atoms with Crippen LogP contribution in [0, 0.1) is 0 Å². The lowest BCUT2D eigenvalue weighted by molar-refractivity contribution is -0.123. The summed E-state index contributed by atoms with van der Waals surface area (Å²) >= 11 is 0. The molecule has 2 aromatic rings. The molecule has 0 unspecified atom stereocenters. The van der Waals surface area contributed by atoms with Crippen molar-refractivity contribution >= 4 is 24.1 Å². The van der Waals surface area contributed by atoms with Crippen LogP contribution in [0.1, 0.15) is 11.3 Å². The molecule has 0 saturated carbocycles. The van der Waals surface area contributed by atoms with E-state index in [2.05, 4.69) is 15.8 Å². The molecule has 0 aliphatic heterocycles. The third kappa shape index (κ3) is 5.50. The molecule has 0 aliphatic carbocycles. The van der Waals surface area contributed by atoms with Crippen LogP contribution in [0.5, 0.6) is 5.75 Å². The lowest BCUT2D eigenvalue weighted by Gasteiger charge is -2.01. The van der Waals surface area contributed by atoms with Crippen LogP contribution < -0.4 is 10.7 Å². The molecular weight excluding hydrogens is 298 g/mol. The van der Waals surface area contributed by atoms with Crippen molar-refractivity contribution in [2.45, 2.75) is 0 Å². The first kappa shape index (κ1) is 16.0. The van der Waals surface area contributed by atoms with Gasteiger partial charge in [0, 0.05) is 11.6 Å². The first-order valence-corrected chi connectivity index (χ1v) is 6.74. The minimum absolute atomic E-state index is 0.0573. The maximum Gasteiger partial charge on any atom is 0.259 e. The van der Waals surface area contributed by atoms with Gasteiger partial charge in [0.1, 0.15) is 11.5 Å². The van der Waals surface area contributed by atoms with Gasteiger partial charge in [-0.2, -0.15) is 5.10 Å². The second-order valence-electron chi connectivity index (χ2n) is 4.42. The van der Waals surface area contributed by atoms with E-state index in [1.807, 2.05) is 0 Å². The molecule has 0 fully saturated rings. The zero-order valence-electron chi connectivity index (χ0n) is 12.1. The van der Waals surface area contributed by atoms with Gasteiger partial charge in [-0.05, 0) is 30.3 Å². The van der Waals surface area contributed by atoms with Gasteiger partial charge in [0.25, 0.3) is 5.91 Å². The highest BCUT2D eigenvalue weighted by Crippen LogP contribution is 2.12. The van der Waals surface area contributed by atoms with E-state index >= 15 is 0 Å². The van der Waals surface area contributed by atoms with Crippen LogP contribution in [0.3, 0.4) is 0 Å². The van der Waals surface area contributed by atoms with E-state index in [0.29, 0.717) is 11.3 Å². The van der Waals surface area contributed by atoms with Crippen LogP contribution in [-0.4, -0.2) is 29.7 Å². The van der Waals surface area contributed by atoms with Crippen LogP contribution in [0.15, 0.2) is 58.3 Å². The molecule has 0 radical (unpaired) electrons. The minimum Gasteiger partial charge on any atom is -0.507 e. The van der Waals surface area contributed by atoms with Gasteiger partial charge in [-0.15, -0.1) is 0 Å². The lowest BCUT2D eigenvalue weighted by atomic mass is 10.2. The Labute approximate surface area is 132 Å². The Kier molecular flexibility index (Phi) is 5.70. The van der Waals surface area contributed by atoms with E-state index in [9.17, 15) is 14.7 Å². The van der Waals surface area contributed by atoms with E-state index < -0.39 is 11.8 Å². The van der Waals surface area contributed by atoms with Gasteiger partial charge in [-0.3, -0.25) is 9.59 Å². The van der Waals surface area contributed by atoms with Crippen molar-refractivity contribution in [1.82, 2.24) is 10.7 Å². The Hall–Kier alpha value is -3.35. The molecule has 0 aliphatic rings. The molecule has 0 bridgehead atoms. The first-order chi connectivity index (χ1) is 11.1. The summed E-state index contributed by atoms with van der Waals surface area (Å²) in [5, 5.41) is 15.6. The fourth-order valence-electron chi connectivity index (χ4n) is 1.58. The van der Waals surface area contributed by atoms with Gasteiger partial charge in [-0.1, -0.05) is 12.1 Å². The number of phenols is 1. The van der Waals surface area contributed by atoms with Crippen LogP contribution in [0.2, 0.25) is 0 Å². The third-order valence-electron chi connectivity index (χ3n) is 2.69. The van der Waals surface area contributed by atoms with Gasteiger partial charge >= 0.3 is 0 Å². The Balaban J connectivity index is 1.73. The molecular formula is C16H15N3O4. The highest BCUT2D eigenvalue weighted by Gasteiger charge is 2.02. The van der Waals surface area contributed by atoms with Gasteiger partial charge < -0.3 is 14.8 Å². The second-order valence-corrected chi connectivity index (χ2v) is 4.42. The van der Waals surface area contributed by atoms with Crippen LogP contribution in [0.25, 0.3) is 6.08 Å². The zero-order chi connectivity index (χ0) is 16.5. The number of hydrazone groups is 1. The second kappa shape index (κ2) is 8.18. The predicted molar refractivity (Wildman–Crippen MR) is 84.6 cm³/mol. The number of aromatic hydroxyl groups is 1.